The van der Waals surface area contributed by atoms with E-state index in [2.05, 4.69) is 25.1 Å². The maximum atomic E-state index is 9.03. The van der Waals surface area contributed by atoms with Crippen molar-refractivity contribution in [2.75, 3.05) is 0 Å². The van der Waals surface area contributed by atoms with Crippen molar-refractivity contribution < 1.29 is 0 Å². The van der Waals surface area contributed by atoms with Gasteiger partial charge in [-0.15, -0.1) is 0 Å². The van der Waals surface area contributed by atoms with Crippen LogP contribution in [0.1, 0.15) is 32.6 Å². The van der Waals surface area contributed by atoms with Crippen LogP contribution in [0.25, 0.3) is 0 Å². The van der Waals surface area contributed by atoms with Crippen LogP contribution in [0, 0.1) is 34.0 Å². The fraction of sp³-hybridized carbons (Fsp3) is 0.636. The van der Waals surface area contributed by atoms with Crippen molar-refractivity contribution in [1.82, 2.24) is 0 Å². The molecule has 0 fully saturated rings. The summed E-state index contributed by atoms with van der Waals surface area (Å²) < 4.78 is 0. The van der Waals surface area contributed by atoms with Gasteiger partial charge in [-0.25, -0.2) is 0 Å². The number of rotatable bonds is 2. The van der Waals surface area contributed by atoms with E-state index in [-0.39, 0.29) is 5.92 Å². The zero-order chi connectivity index (χ0) is 9.73. The fourth-order valence-electron chi connectivity index (χ4n) is 1.91. The van der Waals surface area contributed by atoms with Crippen LogP contribution in [0.2, 0.25) is 0 Å². The van der Waals surface area contributed by atoms with Crippen molar-refractivity contribution in [3.8, 4) is 12.1 Å². The Morgan fingerprint density at radius 2 is 2.08 bits per heavy atom. The molecule has 1 unspecified atom stereocenters. The molecule has 0 radical (unpaired) electrons. The Bertz CT molecular complexity index is 263. The zero-order valence-electron chi connectivity index (χ0n) is 7.95. The Morgan fingerprint density at radius 1 is 1.38 bits per heavy atom. The lowest BCUT2D eigenvalue weighted by molar-refractivity contribution is 0.286. The number of nitrogens with zero attached hydrogens (tertiary/aromatic N) is 2. The predicted octanol–water partition coefficient (Wildman–Crippen LogP) is 2.79. The molecule has 0 spiro atoms. The third-order valence-electron chi connectivity index (χ3n) is 2.76. The van der Waals surface area contributed by atoms with Gasteiger partial charge in [-0.3, -0.25) is 0 Å². The fourth-order valence-corrected chi connectivity index (χ4v) is 1.91. The van der Waals surface area contributed by atoms with E-state index in [9.17, 15) is 0 Å². The summed E-state index contributed by atoms with van der Waals surface area (Å²) in [5.41, 5.74) is -0.745. The molecule has 0 amide bonds. The monoisotopic (exact) mass is 174 g/mol. The Labute approximate surface area is 79.5 Å². The standard InChI is InChI=1S/C11H14N2/c1-2-5-10-6-3-4-7-11(10,8-12)9-13/h3-4,10H,2,5-7H2,1H3. The average Bonchev–Trinajstić information content (AvgIpc) is 2.20. The van der Waals surface area contributed by atoms with Gasteiger partial charge in [-0.2, -0.15) is 10.5 Å². The van der Waals surface area contributed by atoms with Crippen molar-refractivity contribution in [3.05, 3.63) is 12.2 Å². The van der Waals surface area contributed by atoms with Crippen molar-refractivity contribution in [3.63, 3.8) is 0 Å². The SMILES string of the molecule is CCCC1CC=CCC1(C#N)C#N. The number of allylic oxidation sites excluding steroid dienone is 2. The summed E-state index contributed by atoms with van der Waals surface area (Å²) >= 11 is 0. The summed E-state index contributed by atoms with van der Waals surface area (Å²) in [5.74, 6) is 0.234. The molecule has 1 aliphatic rings. The average molecular weight is 174 g/mol. The highest BCUT2D eigenvalue weighted by molar-refractivity contribution is 5.22. The van der Waals surface area contributed by atoms with Gasteiger partial charge < -0.3 is 0 Å². The molecule has 0 aromatic rings. The minimum atomic E-state index is -0.745. The molecule has 1 rings (SSSR count). The second-order valence-corrected chi connectivity index (χ2v) is 3.59. The lowest BCUT2D eigenvalue weighted by Crippen LogP contribution is -2.28. The quantitative estimate of drug-likeness (QED) is 0.604. The predicted molar refractivity (Wildman–Crippen MR) is 50.4 cm³/mol. The topological polar surface area (TPSA) is 47.6 Å². The molecular weight excluding hydrogens is 160 g/mol. The third-order valence-corrected chi connectivity index (χ3v) is 2.76. The number of hydrogen-bond acceptors (Lipinski definition) is 2. The van der Waals surface area contributed by atoms with Gasteiger partial charge in [-0.05, 0) is 25.2 Å². The summed E-state index contributed by atoms with van der Waals surface area (Å²) in [6.45, 7) is 2.10. The summed E-state index contributed by atoms with van der Waals surface area (Å²) in [7, 11) is 0. The molecule has 1 atom stereocenters. The summed E-state index contributed by atoms with van der Waals surface area (Å²) in [6, 6.07) is 4.38. The van der Waals surface area contributed by atoms with E-state index in [1.165, 1.54) is 0 Å². The third kappa shape index (κ3) is 1.73. The zero-order valence-corrected chi connectivity index (χ0v) is 7.95. The van der Waals surface area contributed by atoms with Gasteiger partial charge in [0.05, 0.1) is 12.1 Å². The lowest BCUT2D eigenvalue weighted by Gasteiger charge is -2.29. The second kappa shape index (κ2) is 4.10. The molecule has 1 aliphatic carbocycles. The van der Waals surface area contributed by atoms with Crippen LogP contribution in [-0.4, -0.2) is 0 Å². The smallest absolute Gasteiger partial charge is 0.150 e. The Kier molecular flexibility index (Phi) is 3.09. The van der Waals surface area contributed by atoms with E-state index in [0.29, 0.717) is 6.42 Å². The molecule has 2 heteroatoms. The Balaban J connectivity index is 2.87. The van der Waals surface area contributed by atoms with Crippen LogP contribution in [0.3, 0.4) is 0 Å². The molecular formula is C11H14N2. The summed E-state index contributed by atoms with van der Waals surface area (Å²) in [6.07, 6.45) is 7.56. The highest BCUT2D eigenvalue weighted by Crippen LogP contribution is 2.39. The van der Waals surface area contributed by atoms with Gasteiger partial charge in [-0.1, -0.05) is 25.5 Å². The van der Waals surface area contributed by atoms with Crippen LogP contribution in [0.4, 0.5) is 0 Å². The van der Waals surface area contributed by atoms with Gasteiger partial charge in [0.2, 0.25) is 0 Å². The van der Waals surface area contributed by atoms with Crippen LogP contribution in [-0.2, 0) is 0 Å². The largest absolute Gasteiger partial charge is 0.197 e. The highest BCUT2D eigenvalue weighted by atomic mass is 14.5. The van der Waals surface area contributed by atoms with Gasteiger partial charge in [0, 0.05) is 0 Å². The molecule has 0 saturated heterocycles. The van der Waals surface area contributed by atoms with Gasteiger partial charge in [0.15, 0.2) is 0 Å². The van der Waals surface area contributed by atoms with Crippen molar-refractivity contribution in [2.45, 2.75) is 32.6 Å². The maximum absolute atomic E-state index is 9.03. The Morgan fingerprint density at radius 3 is 2.62 bits per heavy atom. The summed E-state index contributed by atoms with van der Waals surface area (Å²) in [4.78, 5) is 0. The van der Waals surface area contributed by atoms with E-state index in [0.717, 1.165) is 19.3 Å². The molecule has 0 aromatic carbocycles. The molecule has 0 bridgehead atoms. The van der Waals surface area contributed by atoms with E-state index in [1.54, 1.807) is 0 Å². The number of nitriles is 2. The van der Waals surface area contributed by atoms with E-state index < -0.39 is 5.41 Å². The van der Waals surface area contributed by atoms with Gasteiger partial charge in [0.1, 0.15) is 5.41 Å². The molecule has 0 N–H and O–H groups in total. The van der Waals surface area contributed by atoms with E-state index in [4.69, 9.17) is 10.5 Å². The number of hydrogen-bond donors (Lipinski definition) is 0. The molecule has 68 valence electrons. The first-order valence-electron chi connectivity index (χ1n) is 4.76. The molecule has 0 aromatic heterocycles. The highest BCUT2D eigenvalue weighted by Gasteiger charge is 2.38. The van der Waals surface area contributed by atoms with Crippen molar-refractivity contribution >= 4 is 0 Å². The first kappa shape index (κ1) is 9.81. The minimum absolute atomic E-state index is 0.234. The van der Waals surface area contributed by atoms with Gasteiger partial charge in [0.25, 0.3) is 0 Å². The molecule has 13 heavy (non-hydrogen) atoms. The first-order valence-corrected chi connectivity index (χ1v) is 4.76. The summed E-state index contributed by atoms with van der Waals surface area (Å²) in [5, 5.41) is 18.1. The van der Waals surface area contributed by atoms with Crippen LogP contribution >= 0.6 is 0 Å². The maximum Gasteiger partial charge on any atom is 0.150 e. The molecule has 0 saturated carbocycles. The first-order chi connectivity index (χ1) is 6.29. The molecule has 0 aliphatic heterocycles. The van der Waals surface area contributed by atoms with Crippen LogP contribution in [0.15, 0.2) is 12.2 Å². The lowest BCUT2D eigenvalue weighted by atomic mass is 9.69. The van der Waals surface area contributed by atoms with Gasteiger partial charge >= 0.3 is 0 Å². The van der Waals surface area contributed by atoms with Crippen LogP contribution in [0.5, 0.6) is 0 Å². The molecule has 2 nitrogen and oxygen atoms in total. The normalized spacial score (nSPS) is 24.7. The second-order valence-electron chi connectivity index (χ2n) is 3.59. The van der Waals surface area contributed by atoms with Crippen LogP contribution < -0.4 is 0 Å². The van der Waals surface area contributed by atoms with Crippen molar-refractivity contribution in [2.24, 2.45) is 11.3 Å². The van der Waals surface area contributed by atoms with E-state index >= 15 is 0 Å². The van der Waals surface area contributed by atoms with Crippen molar-refractivity contribution in [1.29, 1.82) is 10.5 Å². The Hall–Kier alpha value is -1.28. The molecule has 0 heterocycles. The van der Waals surface area contributed by atoms with E-state index in [1.807, 2.05) is 6.08 Å². The minimum Gasteiger partial charge on any atom is -0.197 e.